The third-order valence-corrected chi connectivity index (χ3v) is 3.07. The van der Waals surface area contributed by atoms with E-state index in [1.54, 1.807) is 0 Å². The molecule has 0 aromatic heterocycles. The quantitative estimate of drug-likeness (QED) is 0.655. The first-order valence-corrected chi connectivity index (χ1v) is 6.89. The van der Waals surface area contributed by atoms with Crippen LogP contribution < -0.4 is 0 Å². The largest absolute Gasteiger partial charge is 0.377 e. The number of halogens is 1. The van der Waals surface area contributed by atoms with Crippen LogP contribution in [-0.2, 0) is 4.74 Å². The lowest BCUT2D eigenvalue weighted by molar-refractivity contribution is 0.0748. The van der Waals surface area contributed by atoms with E-state index >= 15 is 0 Å². The summed E-state index contributed by atoms with van der Waals surface area (Å²) in [6.07, 6.45) is 5.60. The van der Waals surface area contributed by atoms with E-state index < -0.39 is 0 Å². The molecule has 1 aliphatic rings. The summed E-state index contributed by atoms with van der Waals surface area (Å²) in [6, 6.07) is 0. The lowest BCUT2D eigenvalue weighted by Gasteiger charge is -2.24. The van der Waals surface area contributed by atoms with Gasteiger partial charge in [-0.15, -0.1) is 0 Å². The molecule has 3 heteroatoms. The number of unbranched alkanes of at least 4 members (excludes halogenated alkanes) is 1. The van der Waals surface area contributed by atoms with Gasteiger partial charge >= 0.3 is 0 Å². The second-order valence-corrected chi connectivity index (χ2v) is 4.77. The lowest BCUT2D eigenvalue weighted by atomic mass is 10.2. The van der Waals surface area contributed by atoms with Crippen molar-refractivity contribution in [1.29, 1.82) is 0 Å². The van der Waals surface area contributed by atoms with Gasteiger partial charge in [-0.05, 0) is 25.8 Å². The molecule has 1 aliphatic heterocycles. The van der Waals surface area contributed by atoms with Gasteiger partial charge in [0.1, 0.15) is 0 Å². The highest BCUT2D eigenvalue weighted by atomic mass is 79.9. The number of nitrogens with zero attached hydrogens (tertiary/aromatic N) is 1. The Labute approximate surface area is 96.1 Å². The van der Waals surface area contributed by atoms with Crippen molar-refractivity contribution in [2.75, 3.05) is 31.6 Å². The van der Waals surface area contributed by atoms with E-state index in [2.05, 4.69) is 27.8 Å². The molecule has 0 amide bonds. The van der Waals surface area contributed by atoms with Gasteiger partial charge in [-0.1, -0.05) is 29.3 Å². The molecule has 1 rings (SSSR count). The van der Waals surface area contributed by atoms with E-state index in [0.29, 0.717) is 6.10 Å². The van der Waals surface area contributed by atoms with Crippen molar-refractivity contribution < 1.29 is 4.74 Å². The fourth-order valence-corrected chi connectivity index (χ4v) is 2.37. The molecule has 0 radical (unpaired) electrons. The van der Waals surface area contributed by atoms with Crippen molar-refractivity contribution in [1.82, 2.24) is 4.90 Å². The molecule has 0 aromatic rings. The smallest absolute Gasteiger partial charge is 0.0702 e. The summed E-state index contributed by atoms with van der Waals surface area (Å²) in [5.41, 5.74) is 0. The SMILES string of the molecule is CCCCN(CCBr)CC1CCCO1. The van der Waals surface area contributed by atoms with E-state index in [-0.39, 0.29) is 0 Å². The third-order valence-electron chi connectivity index (χ3n) is 2.71. The van der Waals surface area contributed by atoms with E-state index in [4.69, 9.17) is 4.74 Å². The molecule has 0 aromatic carbocycles. The van der Waals surface area contributed by atoms with Crippen LogP contribution in [-0.4, -0.2) is 42.6 Å². The van der Waals surface area contributed by atoms with E-state index in [0.717, 1.165) is 25.0 Å². The Hall–Kier alpha value is 0.400. The first-order chi connectivity index (χ1) is 6.86. The van der Waals surface area contributed by atoms with Crippen LogP contribution in [0.5, 0.6) is 0 Å². The average Bonchev–Trinajstić information content (AvgIpc) is 2.67. The molecule has 1 atom stereocenters. The summed E-state index contributed by atoms with van der Waals surface area (Å²) >= 11 is 3.51. The van der Waals surface area contributed by atoms with Crippen molar-refractivity contribution >= 4 is 15.9 Å². The van der Waals surface area contributed by atoms with Crippen molar-refractivity contribution in [3.8, 4) is 0 Å². The van der Waals surface area contributed by atoms with Crippen LogP contribution in [0.3, 0.4) is 0 Å². The van der Waals surface area contributed by atoms with E-state index in [9.17, 15) is 0 Å². The molecule has 0 aliphatic carbocycles. The van der Waals surface area contributed by atoms with Crippen LogP contribution in [0.2, 0.25) is 0 Å². The summed E-state index contributed by atoms with van der Waals surface area (Å²) in [5, 5.41) is 1.07. The monoisotopic (exact) mass is 263 g/mol. The highest BCUT2D eigenvalue weighted by Crippen LogP contribution is 2.13. The molecule has 0 spiro atoms. The molecule has 14 heavy (non-hydrogen) atoms. The predicted octanol–water partition coefficient (Wildman–Crippen LogP) is 2.66. The zero-order chi connectivity index (χ0) is 10.2. The minimum atomic E-state index is 0.505. The van der Waals surface area contributed by atoms with Gasteiger partial charge in [-0.3, -0.25) is 4.90 Å². The third kappa shape index (κ3) is 4.76. The second-order valence-electron chi connectivity index (χ2n) is 3.98. The fourth-order valence-electron chi connectivity index (χ4n) is 1.87. The lowest BCUT2D eigenvalue weighted by Crippen LogP contribution is -2.34. The molecule has 1 unspecified atom stereocenters. The van der Waals surface area contributed by atoms with Crippen LogP contribution in [0, 0.1) is 0 Å². The Morgan fingerprint density at radius 3 is 2.86 bits per heavy atom. The first-order valence-electron chi connectivity index (χ1n) is 5.76. The van der Waals surface area contributed by atoms with E-state index in [1.165, 1.54) is 32.2 Å². The zero-order valence-corrected chi connectivity index (χ0v) is 10.8. The zero-order valence-electron chi connectivity index (χ0n) is 9.17. The Morgan fingerprint density at radius 1 is 1.43 bits per heavy atom. The topological polar surface area (TPSA) is 12.5 Å². The van der Waals surface area contributed by atoms with Crippen molar-refractivity contribution in [2.45, 2.75) is 38.7 Å². The predicted molar refractivity (Wildman–Crippen MR) is 64.1 cm³/mol. The van der Waals surface area contributed by atoms with Gasteiger partial charge < -0.3 is 4.74 Å². The molecule has 84 valence electrons. The minimum Gasteiger partial charge on any atom is -0.377 e. The molecule has 0 saturated carbocycles. The van der Waals surface area contributed by atoms with Crippen LogP contribution in [0.25, 0.3) is 0 Å². The van der Waals surface area contributed by atoms with Crippen molar-refractivity contribution in [2.24, 2.45) is 0 Å². The summed E-state index contributed by atoms with van der Waals surface area (Å²) < 4.78 is 5.65. The molecule has 0 bridgehead atoms. The summed E-state index contributed by atoms with van der Waals surface area (Å²) in [6.45, 7) is 6.73. The van der Waals surface area contributed by atoms with Crippen molar-refractivity contribution in [3.63, 3.8) is 0 Å². The Morgan fingerprint density at radius 2 is 2.29 bits per heavy atom. The maximum Gasteiger partial charge on any atom is 0.0702 e. The maximum absolute atomic E-state index is 5.65. The van der Waals surface area contributed by atoms with Crippen LogP contribution >= 0.6 is 15.9 Å². The van der Waals surface area contributed by atoms with E-state index in [1.807, 2.05) is 0 Å². The number of ether oxygens (including phenoxy) is 1. The summed E-state index contributed by atoms with van der Waals surface area (Å²) in [4.78, 5) is 2.52. The van der Waals surface area contributed by atoms with Gasteiger partial charge in [-0.2, -0.15) is 0 Å². The van der Waals surface area contributed by atoms with Gasteiger partial charge in [0, 0.05) is 25.0 Å². The summed E-state index contributed by atoms with van der Waals surface area (Å²) in [7, 11) is 0. The number of alkyl halides is 1. The standard InChI is InChI=1S/C11H22BrNO/c1-2-3-7-13(8-6-12)10-11-5-4-9-14-11/h11H,2-10H2,1H3. The Bertz CT molecular complexity index is 137. The Kier molecular flexibility index (Phi) is 6.82. The molecule has 0 N–H and O–H groups in total. The molecule has 2 nitrogen and oxygen atoms in total. The van der Waals surface area contributed by atoms with Crippen LogP contribution in [0.4, 0.5) is 0 Å². The molecule has 1 saturated heterocycles. The number of rotatable bonds is 7. The maximum atomic E-state index is 5.65. The normalized spacial score (nSPS) is 22.1. The highest BCUT2D eigenvalue weighted by Gasteiger charge is 2.18. The molecular weight excluding hydrogens is 242 g/mol. The van der Waals surface area contributed by atoms with Crippen LogP contribution in [0.1, 0.15) is 32.6 Å². The average molecular weight is 264 g/mol. The van der Waals surface area contributed by atoms with Gasteiger partial charge in [0.25, 0.3) is 0 Å². The van der Waals surface area contributed by atoms with Gasteiger partial charge in [0.2, 0.25) is 0 Å². The Balaban J connectivity index is 2.18. The first kappa shape index (κ1) is 12.5. The van der Waals surface area contributed by atoms with Gasteiger partial charge in [-0.25, -0.2) is 0 Å². The van der Waals surface area contributed by atoms with Gasteiger partial charge in [0.05, 0.1) is 6.10 Å². The fraction of sp³-hybridized carbons (Fsp3) is 1.00. The number of hydrogen-bond acceptors (Lipinski definition) is 2. The molecule has 1 heterocycles. The van der Waals surface area contributed by atoms with Crippen molar-refractivity contribution in [3.05, 3.63) is 0 Å². The molecule has 1 fully saturated rings. The van der Waals surface area contributed by atoms with Crippen LogP contribution in [0.15, 0.2) is 0 Å². The summed E-state index contributed by atoms with van der Waals surface area (Å²) in [5.74, 6) is 0. The minimum absolute atomic E-state index is 0.505. The van der Waals surface area contributed by atoms with Gasteiger partial charge in [0.15, 0.2) is 0 Å². The second kappa shape index (κ2) is 7.66. The highest BCUT2D eigenvalue weighted by molar-refractivity contribution is 9.09. The molecular formula is C11H22BrNO. The number of hydrogen-bond donors (Lipinski definition) is 0.